The molecule has 0 aliphatic carbocycles. The first-order chi connectivity index (χ1) is 17.0. The third-order valence-corrected chi connectivity index (χ3v) is 7.19. The van der Waals surface area contributed by atoms with E-state index in [-0.39, 0.29) is 0 Å². The zero-order valence-corrected chi connectivity index (χ0v) is 21.5. The SMILES string of the molecule is CCOc1cc(C=Nc2ccc(N(CC)CC)cc2)ccc1OC(=O)c1sc2ccccc2c1Cl. The maximum absolute atomic E-state index is 12.9. The van der Waals surface area contributed by atoms with Crippen molar-refractivity contribution in [2.75, 3.05) is 24.6 Å². The monoisotopic (exact) mass is 506 g/mol. The van der Waals surface area contributed by atoms with Crippen LogP contribution in [-0.4, -0.2) is 31.9 Å². The van der Waals surface area contributed by atoms with Crippen molar-refractivity contribution in [2.45, 2.75) is 20.8 Å². The average molecular weight is 507 g/mol. The van der Waals surface area contributed by atoms with Crippen LogP contribution in [0.2, 0.25) is 5.02 Å². The Balaban J connectivity index is 1.52. The minimum absolute atomic E-state index is 0.339. The summed E-state index contributed by atoms with van der Waals surface area (Å²) in [5, 5.41) is 1.25. The normalized spacial score (nSPS) is 11.2. The lowest BCUT2D eigenvalue weighted by atomic mass is 10.2. The number of carbonyl (C=O) groups is 1. The zero-order chi connectivity index (χ0) is 24.8. The van der Waals surface area contributed by atoms with E-state index in [0.717, 1.165) is 34.4 Å². The Hall–Kier alpha value is -3.35. The van der Waals surface area contributed by atoms with Gasteiger partial charge in [0.15, 0.2) is 11.5 Å². The van der Waals surface area contributed by atoms with Crippen LogP contribution in [0.1, 0.15) is 36.0 Å². The highest BCUT2D eigenvalue weighted by molar-refractivity contribution is 7.21. The Morgan fingerprint density at radius 3 is 2.43 bits per heavy atom. The highest BCUT2D eigenvalue weighted by Gasteiger charge is 2.20. The van der Waals surface area contributed by atoms with Gasteiger partial charge in [0, 0.05) is 35.1 Å². The average Bonchev–Trinajstić information content (AvgIpc) is 3.22. The fourth-order valence-electron chi connectivity index (χ4n) is 3.74. The Labute approximate surface area is 214 Å². The molecule has 180 valence electrons. The predicted molar refractivity (Wildman–Crippen MR) is 147 cm³/mol. The number of ether oxygens (including phenoxy) is 2. The van der Waals surface area contributed by atoms with Gasteiger partial charge in [-0.2, -0.15) is 0 Å². The third-order valence-electron chi connectivity index (χ3n) is 5.53. The van der Waals surface area contributed by atoms with Gasteiger partial charge in [-0.25, -0.2) is 4.79 Å². The molecule has 5 nitrogen and oxygen atoms in total. The van der Waals surface area contributed by atoms with E-state index in [9.17, 15) is 4.79 Å². The number of thiophene rings is 1. The number of aliphatic imine (C=N–C) groups is 1. The van der Waals surface area contributed by atoms with Gasteiger partial charge in [0.05, 0.1) is 17.3 Å². The topological polar surface area (TPSA) is 51.1 Å². The van der Waals surface area contributed by atoms with Gasteiger partial charge in [0.2, 0.25) is 0 Å². The van der Waals surface area contributed by atoms with Crippen LogP contribution < -0.4 is 14.4 Å². The molecule has 0 aliphatic heterocycles. The Morgan fingerprint density at radius 1 is 1.00 bits per heavy atom. The van der Waals surface area contributed by atoms with Crippen LogP contribution in [0.25, 0.3) is 10.1 Å². The molecule has 0 saturated carbocycles. The molecule has 0 bridgehead atoms. The standard InChI is InChI=1S/C28H27ClN2O3S/c1-4-31(5-2)21-14-12-20(13-15-21)30-18-19-11-16-23(24(17-19)33-6-3)34-28(32)27-26(29)22-9-7-8-10-25(22)35-27/h7-18H,4-6H2,1-3H3. The molecular weight excluding hydrogens is 480 g/mol. The van der Waals surface area contributed by atoms with E-state index in [1.54, 1.807) is 12.3 Å². The minimum atomic E-state index is -0.508. The van der Waals surface area contributed by atoms with Crippen LogP contribution in [0.5, 0.6) is 11.5 Å². The number of nitrogens with zero attached hydrogens (tertiary/aromatic N) is 2. The van der Waals surface area contributed by atoms with Crippen LogP contribution in [0, 0.1) is 0 Å². The van der Waals surface area contributed by atoms with Crippen LogP contribution in [0.15, 0.2) is 71.7 Å². The molecule has 0 radical (unpaired) electrons. The summed E-state index contributed by atoms with van der Waals surface area (Å²) in [5.41, 5.74) is 2.87. The summed E-state index contributed by atoms with van der Waals surface area (Å²) in [6.07, 6.45) is 1.77. The van der Waals surface area contributed by atoms with Crippen molar-refractivity contribution in [1.82, 2.24) is 0 Å². The Morgan fingerprint density at radius 2 is 1.74 bits per heavy atom. The van der Waals surface area contributed by atoms with Gasteiger partial charge in [-0.05, 0) is 74.9 Å². The van der Waals surface area contributed by atoms with E-state index in [0.29, 0.717) is 28.0 Å². The summed E-state index contributed by atoms with van der Waals surface area (Å²) in [4.78, 5) is 20.1. The number of hydrogen-bond donors (Lipinski definition) is 0. The van der Waals surface area contributed by atoms with E-state index in [4.69, 9.17) is 21.1 Å². The number of rotatable bonds is 9. The molecule has 1 heterocycles. The van der Waals surface area contributed by atoms with E-state index in [2.05, 4.69) is 35.9 Å². The molecule has 1 aromatic heterocycles. The van der Waals surface area contributed by atoms with Crippen molar-refractivity contribution >= 4 is 56.6 Å². The first-order valence-corrected chi connectivity index (χ1v) is 12.8. The van der Waals surface area contributed by atoms with Gasteiger partial charge in [0.1, 0.15) is 4.88 Å². The lowest BCUT2D eigenvalue weighted by Gasteiger charge is -2.20. The molecule has 4 aromatic rings. The highest BCUT2D eigenvalue weighted by atomic mass is 35.5. The van der Waals surface area contributed by atoms with Crippen LogP contribution in [-0.2, 0) is 0 Å². The Bertz CT molecular complexity index is 1340. The smallest absolute Gasteiger partial charge is 0.355 e. The number of fused-ring (bicyclic) bond motifs is 1. The van der Waals surface area contributed by atoms with Crippen molar-refractivity contribution in [3.8, 4) is 11.5 Å². The van der Waals surface area contributed by atoms with Crippen molar-refractivity contribution in [1.29, 1.82) is 0 Å². The molecule has 0 fully saturated rings. The fraction of sp³-hybridized carbons (Fsp3) is 0.214. The second-order valence-electron chi connectivity index (χ2n) is 7.72. The van der Waals surface area contributed by atoms with Gasteiger partial charge in [-0.1, -0.05) is 29.8 Å². The van der Waals surface area contributed by atoms with Crippen LogP contribution in [0.3, 0.4) is 0 Å². The molecule has 0 saturated heterocycles. The molecule has 35 heavy (non-hydrogen) atoms. The minimum Gasteiger partial charge on any atom is -0.490 e. The highest BCUT2D eigenvalue weighted by Crippen LogP contribution is 2.37. The van der Waals surface area contributed by atoms with Gasteiger partial charge in [0.25, 0.3) is 0 Å². The Kier molecular flexibility index (Phi) is 8.06. The maximum atomic E-state index is 12.9. The van der Waals surface area contributed by atoms with Gasteiger partial charge in [-0.15, -0.1) is 11.3 Å². The molecule has 0 atom stereocenters. The van der Waals surface area contributed by atoms with Crippen molar-refractivity contribution in [3.63, 3.8) is 0 Å². The number of esters is 1. The second-order valence-corrected chi connectivity index (χ2v) is 9.15. The van der Waals surface area contributed by atoms with Crippen LogP contribution >= 0.6 is 22.9 Å². The van der Waals surface area contributed by atoms with Gasteiger partial charge in [-0.3, -0.25) is 4.99 Å². The molecular formula is C28H27ClN2O3S. The molecule has 3 aromatic carbocycles. The van der Waals surface area contributed by atoms with E-state index in [1.165, 1.54) is 17.0 Å². The predicted octanol–water partition coefficient (Wildman–Crippen LogP) is 7.77. The number of hydrogen-bond acceptors (Lipinski definition) is 6. The molecule has 7 heteroatoms. The van der Waals surface area contributed by atoms with Gasteiger partial charge >= 0.3 is 5.97 Å². The third kappa shape index (κ3) is 5.66. The number of carbonyl (C=O) groups excluding carboxylic acids is 1. The van der Waals surface area contributed by atoms with Gasteiger partial charge < -0.3 is 14.4 Å². The molecule has 0 N–H and O–H groups in total. The largest absolute Gasteiger partial charge is 0.490 e. The van der Waals surface area contributed by atoms with Crippen molar-refractivity contribution in [3.05, 3.63) is 82.2 Å². The summed E-state index contributed by atoms with van der Waals surface area (Å²) < 4.78 is 12.4. The summed E-state index contributed by atoms with van der Waals surface area (Å²) in [6.45, 7) is 8.53. The molecule has 0 aliphatic rings. The summed E-state index contributed by atoms with van der Waals surface area (Å²) in [5.74, 6) is 0.303. The first-order valence-electron chi connectivity index (χ1n) is 11.6. The van der Waals surface area contributed by atoms with E-state index < -0.39 is 5.97 Å². The number of anilines is 1. The van der Waals surface area contributed by atoms with Crippen molar-refractivity contribution < 1.29 is 14.3 Å². The lowest BCUT2D eigenvalue weighted by molar-refractivity contribution is 0.0733. The number of halogens is 1. The summed E-state index contributed by atoms with van der Waals surface area (Å²) in [6, 6.07) is 21.1. The zero-order valence-electron chi connectivity index (χ0n) is 20.0. The molecule has 0 unspecified atom stereocenters. The number of benzene rings is 3. The first kappa shape index (κ1) is 24.8. The van der Waals surface area contributed by atoms with E-state index >= 15 is 0 Å². The van der Waals surface area contributed by atoms with Crippen LogP contribution in [0.4, 0.5) is 11.4 Å². The quantitative estimate of drug-likeness (QED) is 0.132. The fourth-order valence-corrected chi connectivity index (χ4v) is 5.12. The van der Waals surface area contributed by atoms with E-state index in [1.807, 2.05) is 55.5 Å². The second kappa shape index (κ2) is 11.4. The maximum Gasteiger partial charge on any atom is 0.355 e. The van der Waals surface area contributed by atoms with Crippen molar-refractivity contribution in [2.24, 2.45) is 4.99 Å². The lowest BCUT2D eigenvalue weighted by Crippen LogP contribution is -2.21. The summed E-state index contributed by atoms with van der Waals surface area (Å²) in [7, 11) is 0. The molecule has 4 rings (SSSR count). The summed E-state index contributed by atoms with van der Waals surface area (Å²) >= 11 is 7.76. The molecule has 0 spiro atoms. The molecule has 0 amide bonds.